The van der Waals surface area contributed by atoms with Gasteiger partial charge in [-0.3, -0.25) is 0 Å². The van der Waals surface area contributed by atoms with E-state index in [9.17, 15) is 18.1 Å². The second-order valence-corrected chi connectivity index (χ2v) is 7.25. The molecule has 1 N–H and O–H groups in total. The van der Waals surface area contributed by atoms with Crippen molar-refractivity contribution < 1.29 is 12.8 Å². The molecule has 0 spiro atoms. The van der Waals surface area contributed by atoms with Crippen molar-refractivity contribution >= 4 is 26.8 Å². The predicted molar refractivity (Wildman–Crippen MR) is 90.9 cm³/mol. The van der Waals surface area contributed by atoms with Crippen LogP contribution < -0.4 is 0 Å². The summed E-state index contributed by atoms with van der Waals surface area (Å²) in [6.07, 6.45) is 3.02. The summed E-state index contributed by atoms with van der Waals surface area (Å²) in [5.41, 5.74) is 1.92. The first kappa shape index (κ1) is 16.0. The minimum absolute atomic E-state index is 0.323. The Morgan fingerprint density at radius 3 is 2.58 bits per heavy atom. The minimum atomic E-state index is -3.82. The third kappa shape index (κ3) is 3.21. The van der Waals surface area contributed by atoms with Gasteiger partial charge in [0.15, 0.2) is 9.84 Å². The number of rotatable bonds is 4. The molecule has 3 rings (SSSR count). The van der Waals surface area contributed by atoms with E-state index < -0.39 is 15.7 Å². The topological polar surface area (TPSA) is 73.7 Å². The number of aromatic amines is 1. The Kier molecular flexibility index (Phi) is 4.19. The van der Waals surface area contributed by atoms with Crippen molar-refractivity contribution in [2.24, 2.45) is 0 Å². The monoisotopic (exact) mass is 340 g/mol. The number of hydrogen-bond acceptors (Lipinski definition) is 3. The third-order valence-electron chi connectivity index (χ3n) is 3.62. The van der Waals surface area contributed by atoms with E-state index in [1.54, 1.807) is 12.3 Å². The Bertz CT molecular complexity index is 1060. The Balaban J connectivity index is 1.98. The minimum Gasteiger partial charge on any atom is -0.361 e. The Morgan fingerprint density at radius 1 is 1.17 bits per heavy atom. The van der Waals surface area contributed by atoms with Crippen LogP contribution in [0, 0.1) is 17.1 Å². The van der Waals surface area contributed by atoms with Crippen molar-refractivity contribution in [3.8, 4) is 6.07 Å². The van der Waals surface area contributed by atoms with Gasteiger partial charge in [-0.05, 0) is 29.8 Å². The maximum atomic E-state index is 12.9. The number of nitriles is 1. The lowest BCUT2D eigenvalue weighted by atomic mass is 10.1. The molecule has 3 aromatic rings. The van der Waals surface area contributed by atoms with Crippen molar-refractivity contribution in [3.05, 3.63) is 76.6 Å². The zero-order valence-corrected chi connectivity index (χ0v) is 13.3. The van der Waals surface area contributed by atoms with Crippen LogP contribution in [0.2, 0.25) is 0 Å². The molecule has 0 radical (unpaired) electrons. The molecule has 0 atom stereocenters. The lowest BCUT2D eigenvalue weighted by molar-refractivity contribution is 0.602. The van der Waals surface area contributed by atoms with Gasteiger partial charge >= 0.3 is 0 Å². The van der Waals surface area contributed by atoms with Gasteiger partial charge in [0.1, 0.15) is 16.8 Å². The van der Waals surface area contributed by atoms with Gasteiger partial charge in [-0.1, -0.05) is 30.3 Å². The van der Waals surface area contributed by atoms with Crippen LogP contribution >= 0.6 is 0 Å². The first-order valence-electron chi connectivity index (χ1n) is 7.15. The number of para-hydroxylation sites is 1. The molecule has 0 aliphatic heterocycles. The summed E-state index contributed by atoms with van der Waals surface area (Å²) in [7, 11) is -3.82. The van der Waals surface area contributed by atoms with Crippen molar-refractivity contribution in [1.29, 1.82) is 5.26 Å². The highest BCUT2D eigenvalue weighted by Gasteiger charge is 2.19. The van der Waals surface area contributed by atoms with Gasteiger partial charge in [-0.2, -0.15) is 5.26 Å². The molecule has 24 heavy (non-hydrogen) atoms. The van der Waals surface area contributed by atoms with Crippen LogP contribution in [-0.2, 0) is 15.6 Å². The Hall–Kier alpha value is -2.91. The fourth-order valence-electron chi connectivity index (χ4n) is 2.42. The number of fused-ring (bicyclic) bond motifs is 1. The SMILES string of the molecule is N#C/C(=C\c1c[nH]c2ccccc12)S(=O)(=O)Cc1ccc(F)cc1. The molecule has 0 fully saturated rings. The molecule has 6 heteroatoms. The maximum Gasteiger partial charge on any atom is 0.192 e. The van der Waals surface area contributed by atoms with Gasteiger partial charge in [-0.15, -0.1) is 0 Å². The molecule has 0 amide bonds. The van der Waals surface area contributed by atoms with Gasteiger partial charge in [0, 0.05) is 22.7 Å². The first-order valence-corrected chi connectivity index (χ1v) is 8.80. The van der Waals surface area contributed by atoms with Crippen molar-refractivity contribution in [3.63, 3.8) is 0 Å². The summed E-state index contributed by atoms with van der Waals surface area (Å²) in [6.45, 7) is 0. The number of aromatic nitrogens is 1. The lowest BCUT2D eigenvalue weighted by Crippen LogP contribution is -2.06. The van der Waals surface area contributed by atoms with Gasteiger partial charge in [0.05, 0.1) is 5.75 Å². The highest BCUT2D eigenvalue weighted by atomic mass is 32.2. The first-order chi connectivity index (χ1) is 11.5. The van der Waals surface area contributed by atoms with Crippen LogP contribution in [0.15, 0.2) is 59.6 Å². The van der Waals surface area contributed by atoms with E-state index in [4.69, 9.17) is 0 Å². The number of hydrogen-bond donors (Lipinski definition) is 1. The highest BCUT2D eigenvalue weighted by molar-refractivity contribution is 7.95. The largest absolute Gasteiger partial charge is 0.361 e. The molecule has 0 aliphatic carbocycles. The van der Waals surface area contributed by atoms with Crippen LogP contribution in [0.1, 0.15) is 11.1 Å². The molecule has 120 valence electrons. The van der Waals surface area contributed by atoms with E-state index in [-0.39, 0.29) is 10.7 Å². The van der Waals surface area contributed by atoms with Crippen LogP contribution in [0.5, 0.6) is 0 Å². The van der Waals surface area contributed by atoms with Crippen LogP contribution in [-0.4, -0.2) is 13.4 Å². The standard InChI is InChI=1S/C18H13FN2O2S/c19-15-7-5-13(6-8-15)12-24(22,23)16(10-20)9-14-11-21-18-4-2-1-3-17(14)18/h1-9,11,21H,12H2/b16-9+. The molecule has 4 nitrogen and oxygen atoms in total. The summed E-state index contributed by atoms with van der Waals surface area (Å²) in [4.78, 5) is 2.71. The average Bonchev–Trinajstić information content (AvgIpc) is 2.97. The van der Waals surface area contributed by atoms with Gasteiger partial charge in [0.2, 0.25) is 0 Å². The fourth-order valence-corrected chi connectivity index (χ4v) is 3.66. The van der Waals surface area contributed by atoms with E-state index in [0.29, 0.717) is 11.1 Å². The van der Waals surface area contributed by atoms with Crippen molar-refractivity contribution in [1.82, 2.24) is 4.98 Å². The molecule has 2 aromatic carbocycles. The predicted octanol–water partition coefficient (Wildman–Crippen LogP) is 3.79. The number of nitrogens with one attached hydrogen (secondary N) is 1. The maximum absolute atomic E-state index is 12.9. The summed E-state index contributed by atoms with van der Waals surface area (Å²) < 4.78 is 37.9. The van der Waals surface area contributed by atoms with Crippen molar-refractivity contribution in [2.45, 2.75) is 5.75 Å². The van der Waals surface area contributed by atoms with Crippen LogP contribution in [0.25, 0.3) is 17.0 Å². The molecule has 0 saturated heterocycles. The van der Waals surface area contributed by atoms with Gasteiger partial charge < -0.3 is 4.98 Å². The molecule has 0 unspecified atom stereocenters. The quantitative estimate of drug-likeness (QED) is 0.734. The zero-order chi connectivity index (χ0) is 17.2. The number of halogens is 1. The second kappa shape index (κ2) is 6.30. The number of nitrogens with zero attached hydrogens (tertiary/aromatic N) is 1. The molecule has 0 saturated carbocycles. The molecular formula is C18H13FN2O2S. The molecule has 0 bridgehead atoms. The molecule has 0 aliphatic rings. The summed E-state index contributed by atoms with van der Waals surface area (Å²) in [5.74, 6) is -0.791. The van der Waals surface area contributed by atoms with Crippen LogP contribution in [0.4, 0.5) is 4.39 Å². The van der Waals surface area contributed by atoms with E-state index in [0.717, 1.165) is 10.9 Å². The number of allylic oxidation sites excluding steroid dienone is 1. The van der Waals surface area contributed by atoms with E-state index in [2.05, 4.69) is 4.98 Å². The van der Waals surface area contributed by atoms with E-state index in [1.165, 1.54) is 30.3 Å². The smallest absolute Gasteiger partial charge is 0.192 e. The van der Waals surface area contributed by atoms with Crippen LogP contribution in [0.3, 0.4) is 0 Å². The van der Waals surface area contributed by atoms with Gasteiger partial charge in [0.25, 0.3) is 0 Å². The Morgan fingerprint density at radius 2 is 1.88 bits per heavy atom. The van der Waals surface area contributed by atoms with E-state index >= 15 is 0 Å². The summed E-state index contributed by atoms with van der Waals surface area (Å²) in [6, 6.07) is 14.4. The second-order valence-electron chi connectivity index (χ2n) is 5.30. The Labute approximate surface area is 138 Å². The summed E-state index contributed by atoms with van der Waals surface area (Å²) in [5, 5.41) is 10.1. The zero-order valence-electron chi connectivity index (χ0n) is 12.5. The normalized spacial score (nSPS) is 12.2. The average molecular weight is 340 g/mol. The highest BCUT2D eigenvalue weighted by Crippen LogP contribution is 2.23. The lowest BCUT2D eigenvalue weighted by Gasteiger charge is -2.03. The molecular weight excluding hydrogens is 327 g/mol. The number of benzene rings is 2. The number of H-pyrrole nitrogens is 1. The summed E-state index contributed by atoms with van der Waals surface area (Å²) >= 11 is 0. The third-order valence-corrected chi connectivity index (χ3v) is 5.22. The molecule has 1 aromatic heterocycles. The van der Waals surface area contributed by atoms with E-state index in [1.807, 2.05) is 24.3 Å². The fraction of sp³-hybridized carbons (Fsp3) is 0.0556. The van der Waals surface area contributed by atoms with Gasteiger partial charge in [-0.25, -0.2) is 12.8 Å². The number of sulfone groups is 1. The van der Waals surface area contributed by atoms with Crippen molar-refractivity contribution in [2.75, 3.05) is 0 Å². The molecule has 1 heterocycles.